The minimum atomic E-state index is 0.629. The van der Waals surface area contributed by atoms with Gasteiger partial charge in [0.05, 0.1) is 6.54 Å². The van der Waals surface area contributed by atoms with Gasteiger partial charge in [-0.15, -0.1) is 0 Å². The molecule has 1 aliphatic rings. The summed E-state index contributed by atoms with van der Waals surface area (Å²) >= 11 is 3.75. The van der Waals surface area contributed by atoms with Gasteiger partial charge in [0.25, 0.3) is 0 Å². The zero-order valence-electron chi connectivity index (χ0n) is 10.1. The highest BCUT2D eigenvalue weighted by atomic mass is 32.2. The summed E-state index contributed by atoms with van der Waals surface area (Å²) in [6.45, 7) is 7.71. The third-order valence-corrected chi connectivity index (χ3v) is 4.44. The van der Waals surface area contributed by atoms with Crippen molar-refractivity contribution in [1.82, 2.24) is 5.32 Å². The summed E-state index contributed by atoms with van der Waals surface area (Å²) in [5.74, 6) is 1.96. The minimum Gasteiger partial charge on any atom is -0.361 e. The monoisotopic (exact) mass is 246 g/mol. The van der Waals surface area contributed by atoms with Crippen LogP contribution in [-0.2, 0) is 0 Å². The first kappa shape index (κ1) is 13.2. The Kier molecular flexibility index (Phi) is 5.90. The van der Waals surface area contributed by atoms with E-state index < -0.39 is 0 Å². The van der Waals surface area contributed by atoms with E-state index in [0.29, 0.717) is 11.3 Å². The van der Waals surface area contributed by atoms with E-state index in [1.54, 1.807) is 0 Å². The van der Waals surface area contributed by atoms with E-state index in [0.717, 1.165) is 17.6 Å². The molecule has 2 atom stereocenters. The first-order valence-corrected chi connectivity index (χ1v) is 7.85. The molecule has 0 aromatic heterocycles. The molecule has 0 aromatic carbocycles. The topological polar surface area (TPSA) is 24.4 Å². The summed E-state index contributed by atoms with van der Waals surface area (Å²) in [4.78, 5) is 4.60. The highest BCUT2D eigenvalue weighted by Gasteiger charge is 2.20. The molecule has 0 bridgehead atoms. The lowest BCUT2D eigenvalue weighted by molar-refractivity contribution is 0.502. The molecule has 0 amide bonds. The van der Waals surface area contributed by atoms with Crippen LogP contribution in [0.4, 0.5) is 0 Å². The second kappa shape index (κ2) is 6.69. The summed E-state index contributed by atoms with van der Waals surface area (Å²) in [6, 6.07) is 0.637. The maximum Gasteiger partial charge on any atom is 0.156 e. The van der Waals surface area contributed by atoms with Crippen molar-refractivity contribution in [2.24, 2.45) is 10.9 Å². The van der Waals surface area contributed by atoms with Crippen LogP contribution in [0.2, 0.25) is 0 Å². The van der Waals surface area contributed by atoms with Gasteiger partial charge in [-0.1, -0.05) is 32.5 Å². The van der Waals surface area contributed by atoms with E-state index in [-0.39, 0.29) is 0 Å². The molecular formula is C11H22N2S2. The fourth-order valence-corrected chi connectivity index (χ4v) is 2.73. The van der Waals surface area contributed by atoms with Crippen molar-refractivity contribution in [3.63, 3.8) is 0 Å². The van der Waals surface area contributed by atoms with E-state index in [1.165, 1.54) is 12.2 Å². The number of nitrogens with zero attached hydrogens (tertiary/aromatic N) is 1. The molecule has 1 rings (SSSR count). The SMILES string of the molecule is CSC(C)CN=C1NC(CC(C)C)CS1. The van der Waals surface area contributed by atoms with E-state index in [2.05, 4.69) is 37.3 Å². The Morgan fingerprint density at radius 1 is 1.53 bits per heavy atom. The first-order chi connectivity index (χ1) is 7.11. The molecule has 0 radical (unpaired) electrons. The van der Waals surface area contributed by atoms with Crippen molar-refractivity contribution in [2.45, 2.75) is 38.5 Å². The van der Waals surface area contributed by atoms with Crippen LogP contribution in [0.3, 0.4) is 0 Å². The van der Waals surface area contributed by atoms with Crippen LogP contribution >= 0.6 is 23.5 Å². The van der Waals surface area contributed by atoms with Crippen molar-refractivity contribution in [3.8, 4) is 0 Å². The van der Waals surface area contributed by atoms with E-state index in [4.69, 9.17) is 0 Å². The van der Waals surface area contributed by atoms with Crippen LogP contribution in [0.25, 0.3) is 0 Å². The number of aliphatic imine (C=N–C) groups is 1. The lowest BCUT2D eigenvalue weighted by Crippen LogP contribution is -2.28. The Morgan fingerprint density at radius 2 is 2.27 bits per heavy atom. The largest absolute Gasteiger partial charge is 0.361 e. The van der Waals surface area contributed by atoms with Crippen LogP contribution in [-0.4, -0.2) is 35.0 Å². The Bertz CT molecular complexity index is 217. The van der Waals surface area contributed by atoms with Crippen LogP contribution in [0.5, 0.6) is 0 Å². The Morgan fingerprint density at radius 3 is 2.87 bits per heavy atom. The molecule has 1 saturated heterocycles. The summed E-state index contributed by atoms with van der Waals surface area (Å²) in [5.41, 5.74) is 0. The number of nitrogens with one attached hydrogen (secondary N) is 1. The van der Waals surface area contributed by atoms with Crippen molar-refractivity contribution in [1.29, 1.82) is 0 Å². The van der Waals surface area contributed by atoms with E-state index in [1.807, 2.05) is 23.5 Å². The van der Waals surface area contributed by atoms with Crippen molar-refractivity contribution in [3.05, 3.63) is 0 Å². The zero-order chi connectivity index (χ0) is 11.3. The quantitative estimate of drug-likeness (QED) is 0.807. The lowest BCUT2D eigenvalue weighted by Gasteiger charge is -2.12. The Balaban J connectivity index is 2.29. The number of rotatable bonds is 5. The smallest absolute Gasteiger partial charge is 0.156 e. The number of hydrogen-bond acceptors (Lipinski definition) is 3. The second-order valence-corrected chi connectivity index (χ2v) is 6.76. The van der Waals surface area contributed by atoms with Gasteiger partial charge in [-0.3, -0.25) is 4.99 Å². The standard InChI is InChI=1S/C11H22N2S2/c1-8(2)5-10-7-15-11(13-10)12-6-9(3)14-4/h8-10H,5-7H2,1-4H3,(H,12,13). The zero-order valence-corrected chi connectivity index (χ0v) is 11.8. The van der Waals surface area contributed by atoms with Gasteiger partial charge in [0.1, 0.15) is 0 Å². The maximum atomic E-state index is 4.60. The van der Waals surface area contributed by atoms with Gasteiger partial charge in [-0.2, -0.15) is 11.8 Å². The molecule has 0 spiro atoms. The molecule has 1 aliphatic heterocycles. The predicted octanol–water partition coefficient (Wildman–Crippen LogP) is 2.85. The summed E-state index contributed by atoms with van der Waals surface area (Å²) in [5, 5.41) is 5.29. The Labute approximate surface area is 102 Å². The summed E-state index contributed by atoms with van der Waals surface area (Å²) < 4.78 is 0. The van der Waals surface area contributed by atoms with Crippen molar-refractivity contribution < 1.29 is 0 Å². The molecule has 0 saturated carbocycles. The fraction of sp³-hybridized carbons (Fsp3) is 0.909. The van der Waals surface area contributed by atoms with Gasteiger partial charge in [-0.05, 0) is 18.6 Å². The second-order valence-electron chi connectivity index (χ2n) is 4.47. The van der Waals surface area contributed by atoms with Crippen molar-refractivity contribution >= 4 is 28.7 Å². The lowest BCUT2D eigenvalue weighted by atomic mass is 10.1. The van der Waals surface area contributed by atoms with Crippen LogP contribution in [0.15, 0.2) is 4.99 Å². The fourth-order valence-electron chi connectivity index (χ4n) is 1.51. The molecule has 2 nitrogen and oxygen atoms in total. The van der Waals surface area contributed by atoms with Gasteiger partial charge >= 0.3 is 0 Å². The molecule has 0 aliphatic carbocycles. The molecule has 1 fully saturated rings. The van der Waals surface area contributed by atoms with Crippen molar-refractivity contribution in [2.75, 3.05) is 18.6 Å². The normalized spacial score (nSPS) is 25.9. The molecule has 4 heteroatoms. The van der Waals surface area contributed by atoms with Gasteiger partial charge in [0.2, 0.25) is 0 Å². The number of amidine groups is 1. The van der Waals surface area contributed by atoms with Gasteiger partial charge in [0.15, 0.2) is 5.17 Å². The van der Waals surface area contributed by atoms with E-state index in [9.17, 15) is 0 Å². The van der Waals surface area contributed by atoms with Gasteiger partial charge in [-0.25, -0.2) is 0 Å². The van der Waals surface area contributed by atoms with Gasteiger partial charge in [0, 0.05) is 17.0 Å². The van der Waals surface area contributed by atoms with Crippen LogP contribution < -0.4 is 5.32 Å². The van der Waals surface area contributed by atoms with Crippen LogP contribution in [0, 0.1) is 5.92 Å². The molecule has 1 N–H and O–H groups in total. The third-order valence-electron chi connectivity index (χ3n) is 2.40. The number of thioether (sulfide) groups is 2. The predicted molar refractivity (Wildman–Crippen MR) is 74.1 cm³/mol. The van der Waals surface area contributed by atoms with Gasteiger partial charge < -0.3 is 5.32 Å². The summed E-state index contributed by atoms with van der Waals surface area (Å²) in [7, 11) is 0. The highest BCUT2D eigenvalue weighted by Crippen LogP contribution is 2.19. The Hall–Kier alpha value is 0.170. The summed E-state index contributed by atoms with van der Waals surface area (Å²) in [6.07, 6.45) is 3.39. The molecule has 15 heavy (non-hydrogen) atoms. The maximum absolute atomic E-state index is 4.60. The highest BCUT2D eigenvalue weighted by molar-refractivity contribution is 8.14. The average molecular weight is 246 g/mol. The van der Waals surface area contributed by atoms with E-state index >= 15 is 0 Å². The first-order valence-electron chi connectivity index (χ1n) is 5.58. The van der Waals surface area contributed by atoms with Crippen LogP contribution in [0.1, 0.15) is 27.2 Å². The molecule has 1 heterocycles. The third kappa shape index (κ3) is 5.16. The average Bonchev–Trinajstić information content (AvgIpc) is 2.61. The molecule has 0 aromatic rings. The molecular weight excluding hydrogens is 224 g/mol. The molecule has 88 valence electrons. The number of hydrogen-bond donors (Lipinski definition) is 1. The molecule has 2 unspecified atom stereocenters. The minimum absolute atomic E-state index is 0.629.